The SMILES string of the molecule is Cc1cc(CC(=O)N2C[C@H](O)CC2C(=O)NCc2ccc(Cl)cc2)on1. The van der Waals surface area contributed by atoms with E-state index in [2.05, 4.69) is 10.5 Å². The minimum absolute atomic E-state index is 0.00846. The minimum Gasteiger partial charge on any atom is -0.391 e. The zero-order valence-corrected chi connectivity index (χ0v) is 15.1. The second-order valence-electron chi connectivity index (χ2n) is 6.41. The number of carbonyl (C=O) groups excluding carboxylic acids is 2. The van der Waals surface area contributed by atoms with Crippen molar-refractivity contribution in [2.24, 2.45) is 0 Å². The molecule has 26 heavy (non-hydrogen) atoms. The van der Waals surface area contributed by atoms with Crippen molar-refractivity contribution in [1.82, 2.24) is 15.4 Å². The number of nitrogens with zero attached hydrogens (tertiary/aromatic N) is 2. The van der Waals surface area contributed by atoms with Gasteiger partial charge >= 0.3 is 0 Å². The Labute approximate surface area is 155 Å². The van der Waals surface area contributed by atoms with Gasteiger partial charge in [0, 0.05) is 30.6 Å². The Balaban J connectivity index is 1.61. The predicted octanol–water partition coefficient (Wildman–Crippen LogP) is 1.46. The van der Waals surface area contributed by atoms with Gasteiger partial charge in [0.25, 0.3) is 0 Å². The summed E-state index contributed by atoms with van der Waals surface area (Å²) in [5.74, 6) is -0.128. The van der Waals surface area contributed by atoms with E-state index < -0.39 is 12.1 Å². The van der Waals surface area contributed by atoms with Gasteiger partial charge in [-0.25, -0.2) is 0 Å². The summed E-state index contributed by atoms with van der Waals surface area (Å²) in [6, 6.07) is 8.12. The van der Waals surface area contributed by atoms with Crippen LogP contribution in [0.3, 0.4) is 0 Å². The number of carbonyl (C=O) groups is 2. The first kappa shape index (κ1) is 18.4. The molecule has 1 unspecified atom stereocenters. The van der Waals surface area contributed by atoms with E-state index in [0.29, 0.717) is 23.0 Å². The molecule has 0 spiro atoms. The maximum absolute atomic E-state index is 12.5. The van der Waals surface area contributed by atoms with E-state index >= 15 is 0 Å². The van der Waals surface area contributed by atoms with Crippen LogP contribution in [0, 0.1) is 6.92 Å². The lowest BCUT2D eigenvalue weighted by Gasteiger charge is -2.23. The molecule has 1 saturated heterocycles. The quantitative estimate of drug-likeness (QED) is 0.822. The van der Waals surface area contributed by atoms with Crippen LogP contribution in [0.5, 0.6) is 0 Å². The fourth-order valence-corrected chi connectivity index (χ4v) is 3.12. The molecule has 2 heterocycles. The lowest BCUT2D eigenvalue weighted by molar-refractivity contribution is -0.138. The third-order valence-corrected chi connectivity index (χ3v) is 4.54. The number of nitrogens with one attached hydrogen (secondary N) is 1. The highest BCUT2D eigenvalue weighted by Crippen LogP contribution is 2.20. The highest BCUT2D eigenvalue weighted by Gasteiger charge is 2.38. The standard InChI is InChI=1S/C18H20ClN3O4/c1-11-6-15(26-21-11)8-17(24)22-10-14(23)7-16(22)18(25)20-9-12-2-4-13(19)5-3-12/h2-6,14,16,23H,7-10H2,1H3,(H,20,25)/t14-,16?/m1/s1. The topological polar surface area (TPSA) is 95.7 Å². The number of amides is 2. The molecule has 2 amide bonds. The van der Waals surface area contributed by atoms with E-state index in [9.17, 15) is 14.7 Å². The molecule has 2 N–H and O–H groups in total. The number of aliphatic hydroxyl groups is 1. The van der Waals surface area contributed by atoms with Crippen LogP contribution in [-0.4, -0.2) is 45.7 Å². The third-order valence-electron chi connectivity index (χ3n) is 4.28. The number of rotatable bonds is 5. The number of likely N-dealkylation sites (tertiary alicyclic amines) is 1. The number of hydrogen-bond donors (Lipinski definition) is 2. The molecule has 138 valence electrons. The summed E-state index contributed by atoms with van der Waals surface area (Å²) < 4.78 is 5.06. The number of halogens is 1. The van der Waals surface area contributed by atoms with E-state index in [0.717, 1.165) is 5.56 Å². The second-order valence-corrected chi connectivity index (χ2v) is 6.84. The number of β-amino-alcohol motifs (C(OH)–C–C–N with tert-alkyl or cyclic N) is 1. The average Bonchev–Trinajstić information content (AvgIpc) is 3.19. The summed E-state index contributed by atoms with van der Waals surface area (Å²) in [6.07, 6.45) is -0.496. The van der Waals surface area contributed by atoms with Crippen LogP contribution < -0.4 is 5.32 Å². The Bertz CT molecular complexity index is 790. The molecule has 8 heteroatoms. The third kappa shape index (κ3) is 4.42. The summed E-state index contributed by atoms with van der Waals surface area (Å²) in [5.41, 5.74) is 1.59. The number of benzene rings is 1. The number of aryl methyl sites for hydroxylation is 1. The molecule has 0 bridgehead atoms. The molecule has 1 aliphatic heterocycles. The van der Waals surface area contributed by atoms with Crippen molar-refractivity contribution >= 4 is 23.4 Å². The first-order valence-corrected chi connectivity index (χ1v) is 8.72. The Kier molecular flexibility index (Phi) is 5.58. The van der Waals surface area contributed by atoms with Gasteiger partial charge in [0.2, 0.25) is 11.8 Å². The maximum atomic E-state index is 12.5. The predicted molar refractivity (Wildman–Crippen MR) is 94.4 cm³/mol. The average molecular weight is 378 g/mol. The summed E-state index contributed by atoms with van der Waals surface area (Å²) >= 11 is 5.84. The van der Waals surface area contributed by atoms with Crippen molar-refractivity contribution in [3.05, 3.63) is 52.4 Å². The van der Waals surface area contributed by atoms with E-state index in [-0.39, 0.29) is 31.2 Å². The summed E-state index contributed by atoms with van der Waals surface area (Å²) in [6.45, 7) is 2.22. The minimum atomic E-state index is -0.721. The van der Waals surface area contributed by atoms with Gasteiger partial charge in [-0.15, -0.1) is 0 Å². The molecule has 0 radical (unpaired) electrons. The Hall–Kier alpha value is -2.38. The normalized spacial score (nSPS) is 19.6. The van der Waals surface area contributed by atoms with Crippen molar-refractivity contribution in [2.75, 3.05) is 6.54 Å². The monoisotopic (exact) mass is 377 g/mol. The van der Waals surface area contributed by atoms with E-state index in [1.165, 1.54) is 4.90 Å². The smallest absolute Gasteiger partial charge is 0.243 e. The molecule has 7 nitrogen and oxygen atoms in total. The van der Waals surface area contributed by atoms with Gasteiger partial charge in [0.15, 0.2) is 0 Å². The fraction of sp³-hybridized carbons (Fsp3) is 0.389. The van der Waals surface area contributed by atoms with E-state index in [1.807, 2.05) is 12.1 Å². The van der Waals surface area contributed by atoms with E-state index in [1.54, 1.807) is 25.1 Å². The van der Waals surface area contributed by atoms with Gasteiger partial charge in [-0.05, 0) is 24.6 Å². The molecule has 0 aliphatic carbocycles. The molecule has 0 saturated carbocycles. The van der Waals surface area contributed by atoms with Gasteiger partial charge in [-0.3, -0.25) is 9.59 Å². The van der Waals surface area contributed by atoms with Crippen LogP contribution in [0.25, 0.3) is 0 Å². The summed E-state index contributed by atoms with van der Waals surface area (Å²) in [7, 11) is 0. The van der Waals surface area contributed by atoms with Gasteiger partial charge in [-0.1, -0.05) is 28.9 Å². The number of aliphatic hydroxyl groups excluding tert-OH is 1. The maximum Gasteiger partial charge on any atom is 0.243 e. The van der Waals surface area contributed by atoms with Gasteiger partial charge in [-0.2, -0.15) is 0 Å². The Morgan fingerprint density at radius 2 is 2.12 bits per heavy atom. The lowest BCUT2D eigenvalue weighted by Crippen LogP contribution is -2.46. The number of aromatic nitrogens is 1. The largest absolute Gasteiger partial charge is 0.391 e. The molecule has 1 aromatic heterocycles. The molecular formula is C18H20ClN3O4. The Morgan fingerprint density at radius 1 is 1.38 bits per heavy atom. The van der Waals surface area contributed by atoms with Crippen LogP contribution in [0.1, 0.15) is 23.4 Å². The van der Waals surface area contributed by atoms with E-state index in [4.69, 9.17) is 16.1 Å². The summed E-state index contributed by atoms with van der Waals surface area (Å²) in [5, 5.41) is 17.1. The molecule has 1 aromatic carbocycles. The van der Waals surface area contributed by atoms with Crippen LogP contribution in [-0.2, 0) is 22.6 Å². The Morgan fingerprint density at radius 3 is 2.77 bits per heavy atom. The van der Waals surface area contributed by atoms with Crippen molar-refractivity contribution in [1.29, 1.82) is 0 Å². The number of hydrogen-bond acceptors (Lipinski definition) is 5. The van der Waals surface area contributed by atoms with Gasteiger partial charge in [0.05, 0.1) is 18.2 Å². The zero-order chi connectivity index (χ0) is 18.7. The second kappa shape index (κ2) is 7.88. The summed E-state index contributed by atoms with van der Waals surface area (Å²) in [4.78, 5) is 26.5. The van der Waals surface area contributed by atoms with Gasteiger partial charge in [0.1, 0.15) is 11.8 Å². The van der Waals surface area contributed by atoms with Crippen LogP contribution in [0.15, 0.2) is 34.9 Å². The van der Waals surface area contributed by atoms with Crippen molar-refractivity contribution < 1.29 is 19.2 Å². The van der Waals surface area contributed by atoms with Crippen LogP contribution in [0.4, 0.5) is 0 Å². The molecule has 2 aromatic rings. The first-order chi connectivity index (χ1) is 12.4. The van der Waals surface area contributed by atoms with Crippen molar-refractivity contribution in [3.8, 4) is 0 Å². The highest BCUT2D eigenvalue weighted by atomic mass is 35.5. The molecule has 2 atom stereocenters. The molecule has 1 aliphatic rings. The van der Waals surface area contributed by atoms with Crippen molar-refractivity contribution in [3.63, 3.8) is 0 Å². The van der Waals surface area contributed by atoms with Gasteiger partial charge < -0.3 is 19.8 Å². The molecule has 1 fully saturated rings. The molecular weight excluding hydrogens is 358 g/mol. The zero-order valence-electron chi connectivity index (χ0n) is 14.3. The first-order valence-electron chi connectivity index (χ1n) is 8.34. The van der Waals surface area contributed by atoms with Crippen LogP contribution >= 0.6 is 11.6 Å². The highest BCUT2D eigenvalue weighted by molar-refractivity contribution is 6.30. The van der Waals surface area contributed by atoms with Crippen molar-refractivity contribution in [2.45, 2.75) is 38.5 Å². The molecule has 3 rings (SSSR count). The fourth-order valence-electron chi connectivity index (χ4n) is 3.00. The lowest BCUT2D eigenvalue weighted by atomic mass is 10.1. The van der Waals surface area contributed by atoms with Crippen LogP contribution in [0.2, 0.25) is 5.02 Å².